The van der Waals surface area contributed by atoms with Gasteiger partial charge in [0.15, 0.2) is 0 Å². The number of benzene rings is 3. The van der Waals surface area contributed by atoms with Crippen molar-refractivity contribution in [3.05, 3.63) is 126 Å². The monoisotopic (exact) mass is 640 g/mol. The van der Waals surface area contributed by atoms with Gasteiger partial charge in [0.1, 0.15) is 65.3 Å². The predicted molar refractivity (Wildman–Crippen MR) is 141 cm³/mol. The summed E-state index contributed by atoms with van der Waals surface area (Å²) in [7, 11) is 0. The van der Waals surface area contributed by atoms with Gasteiger partial charge in [-0.05, 0) is 86.2 Å². The third kappa shape index (κ3) is 5.04. The minimum Gasteiger partial charge on any atom is -0.206 e. The Bertz CT molecular complexity index is 2020. The molecule has 2 aliphatic rings. The molecule has 0 radical (unpaired) electrons. The molecular weight excluding hydrogens is 630 g/mol. The number of hydrogen-bond acceptors (Lipinski definition) is 2. The molecule has 228 valence electrons. The molecule has 0 N–H and O–H groups in total. The van der Waals surface area contributed by atoms with E-state index < -0.39 is 69.3 Å². The van der Waals surface area contributed by atoms with Gasteiger partial charge >= 0.3 is 18.2 Å². The fraction of sp³-hybridized carbons (Fsp3) is 0.125. The topological polar surface area (TPSA) is 56.3 Å². The number of nitriles is 2. The lowest BCUT2D eigenvalue weighted by Crippen LogP contribution is -2.23. The van der Waals surface area contributed by atoms with E-state index in [-0.39, 0.29) is 56.7 Å². The predicted octanol–water partition coefficient (Wildman–Crippen LogP) is 7.68. The van der Waals surface area contributed by atoms with E-state index in [1.54, 1.807) is 12.1 Å². The van der Waals surface area contributed by atoms with E-state index >= 15 is 0 Å². The van der Waals surface area contributed by atoms with Crippen molar-refractivity contribution >= 4 is 12.2 Å². The Balaban J connectivity index is 2.00. The van der Waals surface area contributed by atoms with Crippen molar-refractivity contribution in [1.29, 1.82) is 10.5 Å². The molecule has 3 aromatic carbocycles. The van der Waals surface area contributed by atoms with Gasteiger partial charge in [0.25, 0.3) is 0 Å². The molecule has 4 nitrogen and oxygen atoms in total. The number of nitrogens with zero attached hydrogens (tertiary/aromatic N) is 4. The van der Waals surface area contributed by atoms with E-state index in [9.17, 15) is 54.4 Å². The summed E-state index contributed by atoms with van der Waals surface area (Å²) in [5, 5.41) is 18.8. The van der Waals surface area contributed by atoms with Crippen LogP contribution in [0.3, 0.4) is 0 Å². The Labute approximate surface area is 252 Å². The molecule has 14 heteroatoms. The number of allylic oxidation sites excluding steroid dienone is 3. The zero-order chi connectivity index (χ0) is 33.9. The molecule has 5 rings (SSSR count). The first-order valence-electron chi connectivity index (χ1n) is 12.6. The highest BCUT2D eigenvalue weighted by Crippen LogP contribution is 2.40. The fourth-order valence-electron chi connectivity index (χ4n) is 5.69. The molecule has 0 aromatic heterocycles. The van der Waals surface area contributed by atoms with E-state index in [0.717, 1.165) is 0 Å². The number of alkyl halides is 6. The van der Waals surface area contributed by atoms with Crippen LogP contribution in [0.2, 0.25) is 0 Å². The molecule has 0 amide bonds. The van der Waals surface area contributed by atoms with Crippen LogP contribution in [-0.4, -0.2) is 0 Å². The molecule has 0 saturated heterocycles. The van der Waals surface area contributed by atoms with Crippen LogP contribution in [0.5, 0.6) is 0 Å². The van der Waals surface area contributed by atoms with Crippen molar-refractivity contribution in [2.24, 2.45) is 0 Å². The van der Waals surface area contributed by atoms with Crippen molar-refractivity contribution in [1.82, 2.24) is 0 Å². The van der Waals surface area contributed by atoms with Crippen LogP contribution in [-0.2, 0) is 25.2 Å². The van der Waals surface area contributed by atoms with Gasteiger partial charge < -0.3 is 0 Å². The first kappa shape index (κ1) is 31.6. The molecule has 0 fully saturated rings. The van der Waals surface area contributed by atoms with Gasteiger partial charge in [-0.3, -0.25) is 0 Å². The largest absolute Gasteiger partial charge is 0.522 e. The summed E-state index contributed by atoms with van der Waals surface area (Å²) < 4.78 is 140. The summed E-state index contributed by atoms with van der Waals surface area (Å²) in [6.07, 6.45) is -9.16. The molecular formula is C32H10F10N4. The van der Waals surface area contributed by atoms with Gasteiger partial charge in [-0.15, -0.1) is 0 Å². The smallest absolute Gasteiger partial charge is 0.206 e. The van der Waals surface area contributed by atoms with Gasteiger partial charge in [-0.1, -0.05) is 6.08 Å². The van der Waals surface area contributed by atoms with Crippen LogP contribution < -0.4 is 10.4 Å². The lowest BCUT2D eigenvalue weighted by atomic mass is 9.86. The summed E-state index contributed by atoms with van der Waals surface area (Å²) in [4.78, 5) is 6.23. The minimum atomic E-state index is -5.42. The highest BCUT2D eigenvalue weighted by atomic mass is 19.4. The first-order valence-corrected chi connectivity index (χ1v) is 12.6. The van der Waals surface area contributed by atoms with E-state index in [2.05, 4.69) is 9.69 Å². The van der Waals surface area contributed by atoms with E-state index in [4.69, 9.17) is 13.1 Å². The van der Waals surface area contributed by atoms with Crippen molar-refractivity contribution < 1.29 is 43.9 Å². The number of fused-ring (bicyclic) bond motifs is 2. The summed E-state index contributed by atoms with van der Waals surface area (Å²) in [5.74, 6) is -8.48. The van der Waals surface area contributed by atoms with E-state index in [0.29, 0.717) is 24.3 Å². The Kier molecular flexibility index (Phi) is 7.51. The second-order valence-corrected chi connectivity index (χ2v) is 10.00. The highest BCUT2D eigenvalue weighted by Gasteiger charge is 2.40. The number of halogens is 10. The minimum absolute atomic E-state index is 0.000730. The van der Waals surface area contributed by atoms with Crippen molar-refractivity contribution in [2.75, 3.05) is 0 Å². The quantitative estimate of drug-likeness (QED) is 0.164. The molecule has 0 bridgehead atoms. The SMILES string of the molecule is [C-]#[N+]C([N+]#[C-])=C1C=c2c(c(-c3cc(F)c(C(F)(F)F)c(F)c3)c3c(c2-c2cc(F)c(C(F)(F)F)c(F)c2)CC(=C(C#N)C#N)C=3)C1. The lowest BCUT2D eigenvalue weighted by Gasteiger charge is -2.18. The average Bonchev–Trinajstić information content (AvgIpc) is 3.55. The molecule has 46 heavy (non-hydrogen) atoms. The molecule has 0 saturated carbocycles. The molecule has 0 unspecified atom stereocenters. The highest BCUT2D eigenvalue weighted by molar-refractivity contribution is 5.87. The molecule has 2 aliphatic carbocycles. The van der Waals surface area contributed by atoms with Crippen LogP contribution in [0, 0.1) is 59.1 Å². The second-order valence-electron chi connectivity index (χ2n) is 10.00. The van der Waals surface area contributed by atoms with Gasteiger partial charge in [0.2, 0.25) is 0 Å². The maximum atomic E-state index is 14.9. The number of rotatable bonds is 2. The summed E-state index contributed by atoms with van der Waals surface area (Å²) in [6, 6.07) is 4.82. The lowest BCUT2D eigenvalue weighted by molar-refractivity contribution is -0.143. The van der Waals surface area contributed by atoms with Gasteiger partial charge in [0.05, 0.1) is 5.57 Å². The van der Waals surface area contributed by atoms with Gasteiger partial charge in [0, 0.05) is 6.42 Å². The van der Waals surface area contributed by atoms with Crippen LogP contribution in [0.4, 0.5) is 43.9 Å². The third-order valence-corrected chi connectivity index (χ3v) is 7.44. The number of hydrogen-bond donors (Lipinski definition) is 0. The van der Waals surface area contributed by atoms with Crippen molar-refractivity contribution in [2.45, 2.75) is 25.2 Å². The normalized spacial score (nSPS) is 13.4. The Hall–Kier alpha value is -5.86. The molecule has 3 aromatic rings. The zero-order valence-corrected chi connectivity index (χ0v) is 22.4. The Morgan fingerprint density at radius 1 is 0.630 bits per heavy atom. The Morgan fingerprint density at radius 3 is 1.30 bits per heavy atom. The van der Waals surface area contributed by atoms with Crippen LogP contribution in [0.25, 0.3) is 44.1 Å². The maximum absolute atomic E-state index is 14.9. The Morgan fingerprint density at radius 2 is 0.978 bits per heavy atom. The standard InChI is InChI=1S/C32H10F10N4/c1-45-30(46-2)16-5-20-21(6-16)27(15-9-24(35)29(25(36)10-15)32(40,41)42)19-4-13(17(11-43)12-44)3-18(19)26(20)14-7-22(33)28(23(34)8-14)31(37,38)39/h3,6-10H,4-5H2. The zero-order valence-electron chi connectivity index (χ0n) is 22.4. The second kappa shape index (κ2) is 10.9. The summed E-state index contributed by atoms with van der Waals surface area (Å²) in [6.45, 7) is 14.7. The molecule has 0 heterocycles. The van der Waals surface area contributed by atoms with E-state index in [1.807, 2.05) is 0 Å². The van der Waals surface area contributed by atoms with Crippen LogP contribution in [0.15, 0.2) is 46.8 Å². The molecule has 0 atom stereocenters. The molecule has 0 aliphatic heterocycles. The summed E-state index contributed by atoms with van der Waals surface area (Å²) in [5.41, 5.74) is -6.10. The van der Waals surface area contributed by atoms with E-state index in [1.165, 1.54) is 12.2 Å². The van der Waals surface area contributed by atoms with Crippen molar-refractivity contribution in [3.63, 3.8) is 0 Å². The van der Waals surface area contributed by atoms with Crippen LogP contribution >= 0.6 is 0 Å². The van der Waals surface area contributed by atoms with Gasteiger partial charge in [-0.25, -0.2) is 17.6 Å². The average molecular weight is 640 g/mol. The first-order chi connectivity index (χ1) is 21.5. The van der Waals surface area contributed by atoms with Crippen molar-refractivity contribution in [3.8, 4) is 34.4 Å². The third-order valence-electron chi connectivity index (χ3n) is 7.44. The van der Waals surface area contributed by atoms with Gasteiger partial charge in [-0.2, -0.15) is 46.6 Å². The summed E-state index contributed by atoms with van der Waals surface area (Å²) >= 11 is 0. The maximum Gasteiger partial charge on any atom is 0.522 e. The fourth-order valence-corrected chi connectivity index (χ4v) is 5.69. The molecule has 0 spiro atoms. The van der Waals surface area contributed by atoms with Crippen LogP contribution in [0.1, 0.15) is 22.3 Å².